The average Bonchev–Trinajstić information content (AvgIpc) is 2.15. The van der Waals surface area contributed by atoms with Crippen molar-refractivity contribution in [2.75, 3.05) is 14.2 Å². The first-order valence-corrected chi connectivity index (χ1v) is 4.30. The van der Waals surface area contributed by atoms with Gasteiger partial charge in [0.25, 0.3) is 0 Å². The lowest BCUT2D eigenvalue weighted by atomic mass is 9.96. The highest BCUT2D eigenvalue weighted by Gasteiger charge is 2.25. The number of aliphatic hydroxyl groups is 1. The van der Waals surface area contributed by atoms with Crippen molar-refractivity contribution < 1.29 is 14.6 Å². The van der Waals surface area contributed by atoms with E-state index in [2.05, 4.69) is 6.92 Å². The molecule has 1 N–H and O–H groups in total. The van der Waals surface area contributed by atoms with Gasteiger partial charge in [-0.3, -0.25) is 0 Å². The minimum absolute atomic E-state index is 0.560. The predicted octanol–water partition coefficient (Wildman–Crippen LogP) is 1.75. The first-order chi connectivity index (χ1) is 6.50. The number of ether oxygens (including phenoxy) is 2. The third-order valence-corrected chi connectivity index (χ3v) is 1.97. The van der Waals surface area contributed by atoms with E-state index in [4.69, 9.17) is 9.47 Å². The van der Waals surface area contributed by atoms with Crippen LogP contribution in [0, 0.1) is 6.92 Å². The van der Waals surface area contributed by atoms with Crippen LogP contribution in [-0.4, -0.2) is 19.3 Å². The van der Waals surface area contributed by atoms with Crippen LogP contribution < -0.4 is 9.47 Å². The Balaban J connectivity index is 3.34. The van der Waals surface area contributed by atoms with Crippen LogP contribution >= 0.6 is 0 Å². The highest BCUT2D eigenvalue weighted by molar-refractivity contribution is 5.48. The number of benzene rings is 1. The molecule has 3 nitrogen and oxygen atoms in total. The molecular formula is C11H15O3. The van der Waals surface area contributed by atoms with Gasteiger partial charge in [0, 0.05) is 0 Å². The molecule has 1 unspecified atom stereocenters. The standard InChI is InChI=1S/C11H15O3/c1-11(2,12)10-8(13-3)6-5-7-9(10)14-4/h5-7,12H,1H2,2-4H3. The van der Waals surface area contributed by atoms with Gasteiger partial charge in [0.15, 0.2) is 0 Å². The minimum atomic E-state index is -1.22. The van der Waals surface area contributed by atoms with Gasteiger partial charge in [0.1, 0.15) is 11.5 Å². The monoisotopic (exact) mass is 195 g/mol. The number of methoxy groups -OCH3 is 2. The van der Waals surface area contributed by atoms with Crippen LogP contribution in [-0.2, 0) is 5.60 Å². The molecule has 0 fully saturated rings. The molecule has 1 atom stereocenters. The van der Waals surface area contributed by atoms with Gasteiger partial charge in [-0.15, -0.1) is 0 Å². The second kappa shape index (κ2) is 3.88. The quantitative estimate of drug-likeness (QED) is 0.798. The van der Waals surface area contributed by atoms with Gasteiger partial charge in [0.05, 0.1) is 25.4 Å². The highest BCUT2D eigenvalue weighted by Crippen LogP contribution is 2.36. The van der Waals surface area contributed by atoms with Crippen molar-refractivity contribution in [2.45, 2.75) is 12.5 Å². The highest BCUT2D eigenvalue weighted by atomic mass is 16.5. The van der Waals surface area contributed by atoms with Crippen molar-refractivity contribution >= 4 is 0 Å². The predicted molar refractivity (Wildman–Crippen MR) is 54.5 cm³/mol. The summed E-state index contributed by atoms with van der Waals surface area (Å²) in [5.41, 5.74) is -0.664. The molecule has 0 aliphatic heterocycles. The molecule has 0 spiro atoms. The third kappa shape index (κ3) is 1.99. The molecule has 1 rings (SSSR count). The Morgan fingerprint density at radius 1 is 1.21 bits per heavy atom. The number of hydrogen-bond acceptors (Lipinski definition) is 3. The van der Waals surface area contributed by atoms with Gasteiger partial charge < -0.3 is 14.6 Å². The third-order valence-electron chi connectivity index (χ3n) is 1.97. The van der Waals surface area contributed by atoms with E-state index in [0.717, 1.165) is 0 Å². The normalized spacial score (nSPS) is 11.2. The van der Waals surface area contributed by atoms with Gasteiger partial charge in [-0.05, 0) is 26.0 Å². The number of rotatable bonds is 3. The first kappa shape index (κ1) is 10.9. The fourth-order valence-electron chi connectivity index (χ4n) is 1.38. The lowest BCUT2D eigenvalue weighted by molar-refractivity contribution is 0.101. The van der Waals surface area contributed by atoms with Gasteiger partial charge in [-0.25, -0.2) is 0 Å². The van der Waals surface area contributed by atoms with E-state index >= 15 is 0 Å². The van der Waals surface area contributed by atoms with Crippen LogP contribution in [0.2, 0.25) is 0 Å². The molecule has 0 heterocycles. The van der Waals surface area contributed by atoms with Gasteiger partial charge >= 0.3 is 0 Å². The van der Waals surface area contributed by atoms with E-state index < -0.39 is 5.60 Å². The first-order valence-electron chi connectivity index (χ1n) is 4.30. The van der Waals surface area contributed by atoms with Crippen LogP contribution in [0.1, 0.15) is 12.5 Å². The Kier molecular flexibility index (Phi) is 3.01. The van der Waals surface area contributed by atoms with E-state index in [0.29, 0.717) is 17.1 Å². The van der Waals surface area contributed by atoms with Crippen molar-refractivity contribution in [1.29, 1.82) is 0 Å². The molecule has 1 aromatic rings. The van der Waals surface area contributed by atoms with Crippen LogP contribution in [0.15, 0.2) is 18.2 Å². The Labute approximate surface area is 84.3 Å². The average molecular weight is 195 g/mol. The Hall–Kier alpha value is -1.22. The summed E-state index contributed by atoms with van der Waals surface area (Å²) in [6, 6.07) is 5.32. The molecule has 0 saturated heterocycles. The fourth-order valence-corrected chi connectivity index (χ4v) is 1.38. The van der Waals surface area contributed by atoms with Crippen molar-refractivity contribution in [3.63, 3.8) is 0 Å². The Morgan fingerprint density at radius 2 is 1.64 bits per heavy atom. The van der Waals surface area contributed by atoms with E-state index in [1.54, 1.807) is 39.3 Å². The maximum absolute atomic E-state index is 9.84. The van der Waals surface area contributed by atoms with Crippen molar-refractivity contribution in [3.05, 3.63) is 30.7 Å². The molecule has 0 aromatic heterocycles. The zero-order valence-corrected chi connectivity index (χ0v) is 8.70. The summed E-state index contributed by atoms with van der Waals surface area (Å²) in [6.07, 6.45) is 0. The van der Waals surface area contributed by atoms with E-state index in [-0.39, 0.29) is 0 Å². The van der Waals surface area contributed by atoms with Crippen molar-refractivity contribution in [1.82, 2.24) is 0 Å². The summed E-state index contributed by atoms with van der Waals surface area (Å²) in [5, 5.41) is 9.84. The van der Waals surface area contributed by atoms with Crippen molar-refractivity contribution in [3.8, 4) is 11.5 Å². The fraction of sp³-hybridized carbons (Fsp3) is 0.364. The maximum Gasteiger partial charge on any atom is 0.128 e. The van der Waals surface area contributed by atoms with E-state index in [1.165, 1.54) is 0 Å². The number of hydrogen-bond donors (Lipinski definition) is 1. The summed E-state index contributed by atoms with van der Waals surface area (Å²) in [6.45, 7) is 5.24. The smallest absolute Gasteiger partial charge is 0.128 e. The maximum atomic E-state index is 9.84. The van der Waals surface area contributed by atoms with Crippen LogP contribution in [0.4, 0.5) is 0 Å². The summed E-state index contributed by atoms with van der Waals surface area (Å²) in [5.74, 6) is 1.15. The van der Waals surface area contributed by atoms with Crippen LogP contribution in [0.5, 0.6) is 11.5 Å². The molecule has 0 aliphatic rings. The summed E-state index contributed by atoms with van der Waals surface area (Å²) in [4.78, 5) is 0. The lowest BCUT2D eigenvalue weighted by Crippen LogP contribution is -2.18. The summed E-state index contributed by atoms with van der Waals surface area (Å²) < 4.78 is 10.3. The second-order valence-corrected chi connectivity index (χ2v) is 3.31. The molecule has 0 bridgehead atoms. The zero-order chi connectivity index (χ0) is 10.8. The van der Waals surface area contributed by atoms with Crippen molar-refractivity contribution in [2.24, 2.45) is 0 Å². The molecule has 0 saturated carbocycles. The van der Waals surface area contributed by atoms with Crippen LogP contribution in [0.25, 0.3) is 0 Å². The molecule has 1 radical (unpaired) electrons. The molecule has 0 amide bonds. The van der Waals surface area contributed by atoms with E-state index in [9.17, 15) is 5.11 Å². The Morgan fingerprint density at radius 3 is 1.93 bits per heavy atom. The molecule has 1 aromatic carbocycles. The van der Waals surface area contributed by atoms with Gasteiger partial charge in [0.2, 0.25) is 0 Å². The summed E-state index contributed by atoms with van der Waals surface area (Å²) in [7, 11) is 3.09. The van der Waals surface area contributed by atoms with Gasteiger partial charge in [-0.1, -0.05) is 6.07 Å². The zero-order valence-electron chi connectivity index (χ0n) is 8.70. The lowest BCUT2D eigenvalue weighted by Gasteiger charge is -2.23. The van der Waals surface area contributed by atoms with Gasteiger partial charge in [-0.2, -0.15) is 0 Å². The minimum Gasteiger partial charge on any atom is -0.496 e. The Bertz CT molecular complexity index is 291. The largest absolute Gasteiger partial charge is 0.496 e. The van der Waals surface area contributed by atoms with E-state index in [1.807, 2.05) is 0 Å². The molecule has 14 heavy (non-hydrogen) atoms. The molecule has 77 valence electrons. The second-order valence-electron chi connectivity index (χ2n) is 3.31. The topological polar surface area (TPSA) is 38.7 Å². The molecular weight excluding hydrogens is 180 g/mol. The van der Waals surface area contributed by atoms with Crippen LogP contribution in [0.3, 0.4) is 0 Å². The molecule has 0 aliphatic carbocycles. The summed E-state index contributed by atoms with van der Waals surface area (Å²) >= 11 is 0. The molecule has 3 heteroatoms. The SMILES string of the molecule is [CH2]C(C)(O)c1c(OC)cccc1OC.